The molecule has 0 amide bonds. The number of nitrogens with two attached hydrogens (primary N) is 1. The molecular formula is C12H17NO2. The van der Waals surface area contributed by atoms with Crippen LogP contribution in [-0.4, -0.2) is 20.3 Å². The van der Waals surface area contributed by atoms with Crippen molar-refractivity contribution in [2.75, 3.05) is 20.3 Å². The standard InChI is InChI=1S/C12H17NO2/c1-14-10-7-11-3-5-12(6-4-11)15-9-2-8-13/h2-6,9H,7-8,10,13H2,1H3/b9-2+. The number of ether oxygens (including phenoxy) is 2. The molecule has 0 bridgehead atoms. The summed E-state index contributed by atoms with van der Waals surface area (Å²) in [6, 6.07) is 7.94. The molecule has 82 valence electrons. The summed E-state index contributed by atoms with van der Waals surface area (Å²) in [5.74, 6) is 0.820. The van der Waals surface area contributed by atoms with Gasteiger partial charge in [0.1, 0.15) is 5.75 Å². The Labute approximate surface area is 90.5 Å². The van der Waals surface area contributed by atoms with Crippen molar-refractivity contribution in [2.24, 2.45) is 5.73 Å². The highest BCUT2D eigenvalue weighted by Crippen LogP contribution is 2.12. The summed E-state index contributed by atoms with van der Waals surface area (Å²) in [6.07, 6.45) is 4.29. The number of hydrogen-bond acceptors (Lipinski definition) is 3. The molecule has 1 rings (SSSR count). The third-order valence-electron chi connectivity index (χ3n) is 1.95. The Bertz CT molecular complexity index is 293. The summed E-state index contributed by atoms with van der Waals surface area (Å²) in [4.78, 5) is 0. The van der Waals surface area contributed by atoms with Crippen LogP contribution in [-0.2, 0) is 11.2 Å². The Morgan fingerprint density at radius 2 is 2.00 bits per heavy atom. The Hall–Kier alpha value is -1.32. The molecule has 0 fully saturated rings. The minimum absolute atomic E-state index is 0.492. The van der Waals surface area contributed by atoms with E-state index in [1.807, 2.05) is 24.3 Å². The van der Waals surface area contributed by atoms with Crippen molar-refractivity contribution in [1.82, 2.24) is 0 Å². The molecule has 0 spiro atoms. The first kappa shape index (κ1) is 11.8. The molecule has 0 aromatic heterocycles. The highest BCUT2D eigenvalue weighted by Gasteiger charge is 1.93. The van der Waals surface area contributed by atoms with Crippen molar-refractivity contribution in [3.8, 4) is 5.75 Å². The summed E-state index contributed by atoms with van der Waals surface area (Å²) in [5, 5.41) is 0. The smallest absolute Gasteiger partial charge is 0.126 e. The van der Waals surface area contributed by atoms with Crippen LogP contribution in [0.4, 0.5) is 0 Å². The van der Waals surface area contributed by atoms with Crippen LogP contribution in [0.1, 0.15) is 5.56 Å². The second-order valence-electron chi connectivity index (χ2n) is 3.11. The van der Waals surface area contributed by atoms with E-state index in [0.29, 0.717) is 6.54 Å². The zero-order valence-corrected chi connectivity index (χ0v) is 8.98. The normalized spacial score (nSPS) is 10.8. The number of methoxy groups -OCH3 is 1. The van der Waals surface area contributed by atoms with Crippen LogP contribution >= 0.6 is 0 Å². The summed E-state index contributed by atoms with van der Waals surface area (Å²) < 4.78 is 10.3. The molecule has 0 saturated carbocycles. The molecule has 0 aliphatic heterocycles. The molecule has 15 heavy (non-hydrogen) atoms. The maximum Gasteiger partial charge on any atom is 0.126 e. The fourth-order valence-electron chi connectivity index (χ4n) is 1.14. The first-order valence-corrected chi connectivity index (χ1v) is 4.96. The molecule has 3 nitrogen and oxygen atoms in total. The fraction of sp³-hybridized carbons (Fsp3) is 0.333. The molecular weight excluding hydrogens is 190 g/mol. The van der Waals surface area contributed by atoms with Crippen LogP contribution in [0.2, 0.25) is 0 Å². The van der Waals surface area contributed by atoms with E-state index in [4.69, 9.17) is 15.2 Å². The molecule has 3 heteroatoms. The van der Waals surface area contributed by atoms with E-state index in [1.165, 1.54) is 5.56 Å². The molecule has 0 atom stereocenters. The average Bonchev–Trinajstić information content (AvgIpc) is 2.28. The maximum atomic E-state index is 5.31. The summed E-state index contributed by atoms with van der Waals surface area (Å²) in [6.45, 7) is 1.24. The van der Waals surface area contributed by atoms with Gasteiger partial charge in [-0.05, 0) is 30.2 Å². The fourth-order valence-corrected chi connectivity index (χ4v) is 1.14. The lowest BCUT2D eigenvalue weighted by molar-refractivity contribution is 0.202. The van der Waals surface area contributed by atoms with E-state index in [-0.39, 0.29) is 0 Å². The van der Waals surface area contributed by atoms with Crippen LogP contribution < -0.4 is 10.5 Å². The molecule has 0 radical (unpaired) electrons. The first-order valence-electron chi connectivity index (χ1n) is 4.96. The molecule has 0 saturated heterocycles. The number of benzene rings is 1. The monoisotopic (exact) mass is 207 g/mol. The third-order valence-corrected chi connectivity index (χ3v) is 1.95. The largest absolute Gasteiger partial charge is 0.465 e. The van der Waals surface area contributed by atoms with Crippen LogP contribution in [0.15, 0.2) is 36.6 Å². The van der Waals surface area contributed by atoms with Gasteiger partial charge in [0.2, 0.25) is 0 Å². The second kappa shape index (κ2) is 7.04. The van der Waals surface area contributed by atoms with E-state index in [0.717, 1.165) is 18.8 Å². The van der Waals surface area contributed by atoms with Crippen molar-refractivity contribution in [3.63, 3.8) is 0 Å². The quantitative estimate of drug-likeness (QED) is 0.722. The maximum absolute atomic E-state index is 5.31. The average molecular weight is 207 g/mol. The van der Waals surface area contributed by atoms with Gasteiger partial charge in [-0.3, -0.25) is 0 Å². The Morgan fingerprint density at radius 1 is 1.27 bits per heavy atom. The minimum atomic E-state index is 0.492. The van der Waals surface area contributed by atoms with Gasteiger partial charge in [0.15, 0.2) is 0 Å². The number of hydrogen-bond donors (Lipinski definition) is 1. The van der Waals surface area contributed by atoms with E-state index in [1.54, 1.807) is 19.4 Å². The van der Waals surface area contributed by atoms with Gasteiger partial charge in [0.05, 0.1) is 12.9 Å². The minimum Gasteiger partial charge on any atom is -0.465 e. The predicted molar refractivity (Wildman–Crippen MR) is 60.8 cm³/mol. The van der Waals surface area contributed by atoms with Gasteiger partial charge < -0.3 is 15.2 Å². The van der Waals surface area contributed by atoms with E-state index < -0.39 is 0 Å². The van der Waals surface area contributed by atoms with Gasteiger partial charge in [-0.15, -0.1) is 0 Å². The summed E-state index contributed by atoms with van der Waals surface area (Å²) in [5.41, 5.74) is 6.53. The van der Waals surface area contributed by atoms with Crippen LogP contribution in [0.25, 0.3) is 0 Å². The van der Waals surface area contributed by atoms with Gasteiger partial charge in [-0.1, -0.05) is 12.1 Å². The molecule has 1 aromatic carbocycles. The first-order chi connectivity index (χ1) is 7.36. The van der Waals surface area contributed by atoms with Crippen molar-refractivity contribution in [2.45, 2.75) is 6.42 Å². The van der Waals surface area contributed by atoms with Gasteiger partial charge in [0, 0.05) is 13.7 Å². The topological polar surface area (TPSA) is 44.5 Å². The van der Waals surface area contributed by atoms with E-state index in [9.17, 15) is 0 Å². The summed E-state index contributed by atoms with van der Waals surface area (Å²) >= 11 is 0. The highest BCUT2D eigenvalue weighted by atomic mass is 16.5. The predicted octanol–water partition coefficient (Wildman–Crippen LogP) is 1.73. The molecule has 2 N–H and O–H groups in total. The molecule has 0 aliphatic rings. The van der Waals surface area contributed by atoms with Gasteiger partial charge in [-0.2, -0.15) is 0 Å². The van der Waals surface area contributed by atoms with Gasteiger partial charge in [0.25, 0.3) is 0 Å². The molecule has 1 aromatic rings. The van der Waals surface area contributed by atoms with Crippen LogP contribution in [0.5, 0.6) is 5.75 Å². The van der Waals surface area contributed by atoms with Crippen LogP contribution in [0.3, 0.4) is 0 Å². The van der Waals surface area contributed by atoms with Gasteiger partial charge >= 0.3 is 0 Å². The summed E-state index contributed by atoms with van der Waals surface area (Å²) in [7, 11) is 1.70. The number of rotatable bonds is 6. The SMILES string of the molecule is COCCc1ccc(O/C=C/CN)cc1. The molecule has 0 aliphatic carbocycles. The van der Waals surface area contributed by atoms with Crippen LogP contribution in [0, 0.1) is 0 Å². The van der Waals surface area contributed by atoms with E-state index >= 15 is 0 Å². The lowest BCUT2D eigenvalue weighted by Gasteiger charge is -2.02. The zero-order chi connectivity index (χ0) is 10.9. The van der Waals surface area contributed by atoms with E-state index in [2.05, 4.69) is 0 Å². The lowest BCUT2D eigenvalue weighted by atomic mass is 10.1. The second-order valence-corrected chi connectivity index (χ2v) is 3.11. The van der Waals surface area contributed by atoms with Crippen molar-refractivity contribution < 1.29 is 9.47 Å². The van der Waals surface area contributed by atoms with Crippen molar-refractivity contribution in [1.29, 1.82) is 0 Å². The Morgan fingerprint density at radius 3 is 2.60 bits per heavy atom. The molecule has 0 unspecified atom stereocenters. The zero-order valence-electron chi connectivity index (χ0n) is 8.98. The van der Waals surface area contributed by atoms with Crippen molar-refractivity contribution >= 4 is 0 Å². The Kier molecular flexibility index (Phi) is 5.51. The van der Waals surface area contributed by atoms with Crippen molar-refractivity contribution in [3.05, 3.63) is 42.2 Å². The lowest BCUT2D eigenvalue weighted by Crippen LogP contribution is -1.95. The third kappa shape index (κ3) is 4.63. The molecule has 0 heterocycles. The van der Waals surface area contributed by atoms with Gasteiger partial charge in [-0.25, -0.2) is 0 Å². The highest BCUT2D eigenvalue weighted by molar-refractivity contribution is 5.27. The Balaban J connectivity index is 2.45.